The first-order chi connectivity index (χ1) is 15.2. The normalized spacial score (nSPS) is 14.7. The van der Waals surface area contributed by atoms with Gasteiger partial charge in [-0.25, -0.2) is 13.2 Å². The van der Waals surface area contributed by atoms with Crippen LogP contribution in [0.1, 0.15) is 27.0 Å². The molecule has 2 aromatic rings. The van der Waals surface area contributed by atoms with Gasteiger partial charge in [-0.2, -0.15) is 4.31 Å². The number of hydrogen-bond acceptors (Lipinski definition) is 6. The van der Waals surface area contributed by atoms with Gasteiger partial charge in [-0.05, 0) is 37.1 Å². The molecule has 1 heterocycles. The van der Waals surface area contributed by atoms with Gasteiger partial charge in [0.1, 0.15) is 0 Å². The zero-order chi connectivity index (χ0) is 23.3. The molecule has 3 rings (SSSR count). The van der Waals surface area contributed by atoms with E-state index in [1.807, 2.05) is 31.2 Å². The SMILES string of the molecule is Cc1ccc(CN(C)C(=O)COC(=O)c2ccc(C)c(S(=O)(=O)N3CCOCC3)c2)cc1. The van der Waals surface area contributed by atoms with Gasteiger partial charge in [0.15, 0.2) is 6.61 Å². The fourth-order valence-electron chi connectivity index (χ4n) is 3.31. The number of hydrogen-bond donors (Lipinski definition) is 0. The van der Waals surface area contributed by atoms with E-state index in [0.717, 1.165) is 11.1 Å². The molecule has 0 spiro atoms. The van der Waals surface area contributed by atoms with E-state index in [0.29, 0.717) is 25.3 Å². The van der Waals surface area contributed by atoms with Gasteiger partial charge in [-0.1, -0.05) is 35.9 Å². The summed E-state index contributed by atoms with van der Waals surface area (Å²) in [5.41, 5.74) is 2.71. The molecule has 1 fully saturated rings. The molecular formula is C23H28N2O6S. The lowest BCUT2D eigenvalue weighted by Gasteiger charge is -2.26. The number of rotatable bonds is 7. The summed E-state index contributed by atoms with van der Waals surface area (Å²) in [4.78, 5) is 26.4. The average molecular weight is 461 g/mol. The number of carbonyl (C=O) groups is 2. The molecule has 1 amide bonds. The zero-order valence-electron chi connectivity index (χ0n) is 18.5. The molecule has 0 aromatic heterocycles. The topological polar surface area (TPSA) is 93.2 Å². The number of morpholine rings is 1. The highest BCUT2D eigenvalue weighted by atomic mass is 32.2. The second-order valence-electron chi connectivity index (χ2n) is 7.81. The lowest BCUT2D eigenvalue weighted by molar-refractivity contribution is -0.133. The number of benzene rings is 2. The summed E-state index contributed by atoms with van der Waals surface area (Å²) < 4.78 is 37.7. The van der Waals surface area contributed by atoms with Crippen LogP contribution in [0.3, 0.4) is 0 Å². The third-order valence-corrected chi connectivity index (χ3v) is 7.35. The van der Waals surface area contributed by atoms with Gasteiger partial charge in [0.05, 0.1) is 23.7 Å². The summed E-state index contributed by atoms with van der Waals surface area (Å²) >= 11 is 0. The van der Waals surface area contributed by atoms with Crippen molar-refractivity contribution in [2.45, 2.75) is 25.3 Å². The molecule has 32 heavy (non-hydrogen) atoms. The minimum atomic E-state index is -3.76. The van der Waals surface area contributed by atoms with Gasteiger partial charge in [-0.15, -0.1) is 0 Å². The van der Waals surface area contributed by atoms with Crippen LogP contribution in [0, 0.1) is 13.8 Å². The average Bonchev–Trinajstić information content (AvgIpc) is 2.79. The number of sulfonamides is 1. The molecule has 0 aliphatic carbocycles. The zero-order valence-corrected chi connectivity index (χ0v) is 19.4. The Morgan fingerprint density at radius 1 is 1.06 bits per heavy atom. The number of aryl methyl sites for hydroxylation is 2. The number of esters is 1. The van der Waals surface area contributed by atoms with Crippen LogP contribution < -0.4 is 0 Å². The molecule has 172 valence electrons. The Kier molecular flexibility index (Phi) is 7.65. The predicted octanol–water partition coefficient (Wildman–Crippen LogP) is 2.14. The molecule has 0 bridgehead atoms. The Labute approximate surface area is 188 Å². The van der Waals surface area contributed by atoms with E-state index in [1.165, 1.54) is 21.3 Å². The summed E-state index contributed by atoms with van der Waals surface area (Å²) in [6.07, 6.45) is 0. The summed E-state index contributed by atoms with van der Waals surface area (Å²) in [5, 5.41) is 0. The fourth-order valence-corrected chi connectivity index (χ4v) is 4.97. The van der Waals surface area contributed by atoms with Crippen molar-refractivity contribution in [3.8, 4) is 0 Å². The quantitative estimate of drug-likeness (QED) is 0.588. The number of carbonyl (C=O) groups excluding carboxylic acids is 2. The molecule has 8 nitrogen and oxygen atoms in total. The maximum Gasteiger partial charge on any atom is 0.338 e. The summed E-state index contributed by atoms with van der Waals surface area (Å²) in [6, 6.07) is 12.2. The second kappa shape index (κ2) is 10.2. The third-order valence-electron chi connectivity index (χ3n) is 5.30. The Morgan fingerprint density at radius 3 is 2.38 bits per heavy atom. The standard InChI is InChI=1S/C23H28N2O6S/c1-17-4-7-19(8-5-17)15-24(3)22(26)16-31-23(27)20-9-6-18(2)21(14-20)32(28,29)25-10-12-30-13-11-25/h4-9,14H,10-13,15-16H2,1-3H3. The molecule has 1 saturated heterocycles. The van der Waals surface area contributed by atoms with Crippen molar-refractivity contribution in [3.63, 3.8) is 0 Å². The molecule has 1 aliphatic heterocycles. The van der Waals surface area contributed by atoms with Crippen LogP contribution in [0.15, 0.2) is 47.4 Å². The van der Waals surface area contributed by atoms with E-state index in [4.69, 9.17) is 9.47 Å². The number of amides is 1. The maximum atomic E-state index is 13.0. The van der Waals surface area contributed by atoms with Crippen LogP contribution in [-0.4, -0.2) is 69.5 Å². The number of ether oxygens (including phenoxy) is 2. The van der Waals surface area contributed by atoms with Crippen LogP contribution in [0.25, 0.3) is 0 Å². The summed E-state index contributed by atoms with van der Waals surface area (Å²) in [6.45, 7) is 4.81. The van der Waals surface area contributed by atoms with Gasteiger partial charge in [0.2, 0.25) is 10.0 Å². The smallest absolute Gasteiger partial charge is 0.338 e. The molecule has 0 unspecified atom stereocenters. The van der Waals surface area contributed by atoms with E-state index in [9.17, 15) is 18.0 Å². The maximum absolute atomic E-state index is 13.0. The van der Waals surface area contributed by atoms with Gasteiger partial charge in [0, 0.05) is 26.7 Å². The Morgan fingerprint density at radius 2 is 1.72 bits per heavy atom. The Balaban J connectivity index is 1.64. The van der Waals surface area contributed by atoms with Gasteiger partial charge >= 0.3 is 5.97 Å². The van der Waals surface area contributed by atoms with Gasteiger partial charge in [-0.3, -0.25) is 4.79 Å². The minimum absolute atomic E-state index is 0.0525. The van der Waals surface area contributed by atoms with E-state index in [1.54, 1.807) is 20.0 Å². The highest BCUT2D eigenvalue weighted by molar-refractivity contribution is 7.89. The number of likely N-dealkylation sites (N-methyl/N-ethyl adjacent to an activating group) is 1. The first-order valence-electron chi connectivity index (χ1n) is 10.3. The first kappa shape index (κ1) is 23.9. The van der Waals surface area contributed by atoms with Crippen molar-refractivity contribution in [2.75, 3.05) is 40.0 Å². The lowest BCUT2D eigenvalue weighted by atomic mass is 10.1. The molecule has 2 aromatic carbocycles. The summed E-state index contributed by atoms with van der Waals surface area (Å²) in [5.74, 6) is -1.10. The van der Waals surface area contributed by atoms with Crippen LogP contribution in [0.2, 0.25) is 0 Å². The molecule has 0 N–H and O–H groups in total. The molecule has 9 heteroatoms. The van der Waals surface area contributed by atoms with Gasteiger partial charge < -0.3 is 14.4 Å². The second-order valence-corrected chi connectivity index (χ2v) is 9.71. The highest BCUT2D eigenvalue weighted by Gasteiger charge is 2.28. The van der Waals surface area contributed by atoms with Gasteiger partial charge in [0.25, 0.3) is 5.91 Å². The minimum Gasteiger partial charge on any atom is -0.452 e. The van der Waals surface area contributed by atoms with Crippen molar-refractivity contribution < 1.29 is 27.5 Å². The van der Waals surface area contributed by atoms with Crippen molar-refractivity contribution in [1.82, 2.24) is 9.21 Å². The lowest BCUT2D eigenvalue weighted by Crippen LogP contribution is -2.40. The predicted molar refractivity (Wildman–Crippen MR) is 119 cm³/mol. The monoisotopic (exact) mass is 460 g/mol. The van der Waals surface area contributed by atoms with Crippen molar-refractivity contribution >= 4 is 21.9 Å². The molecule has 0 radical (unpaired) electrons. The van der Waals surface area contributed by atoms with E-state index in [-0.39, 0.29) is 29.5 Å². The van der Waals surface area contributed by atoms with Crippen molar-refractivity contribution in [1.29, 1.82) is 0 Å². The van der Waals surface area contributed by atoms with E-state index in [2.05, 4.69) is 0 Å². The largest absolute Gasteiger partial charge is 0.452 e. The molecule has 1 aliphatic rings. The molecule has 0 atom stereocenters. The van der Waals surface area contributed by atoms with Crippen molar-refractivity contribution in [2.24, 2.45) is 0 Å². The first-order valence-corrected chi connectivity index (χ1v) is 11.8. The third kappa shape index (κ3) is 5.73. The molecular weight excluding hydrogens is 432 g/mol. The van der Waals surface area contributed by atoms with E-state index < -0.39 is 22.6 Å². The van der Waals surface area contributed by atoms with Crippen LogP contribution in [0.4, 0.5) is 0 Å². The van der Waals surface area contributed by atoms with Crippen molar-refractivity contribution in [3.05, 3.63) is 64.7 Å². The Hall–Kier alpha value is -2.75. The Bertz CT molecular complexity index is 1080. The number of nitrogens with zero attached hydrogens (tertiary/aromatic N) is 2. The van der Waals surface area contributed by atoms with Crippen LogP contribution in [0.5, 0.6) is 0 Å². The fraction of sp³-hybridized carbons (Fsp3) is 0.391. The van der Waals surface area contributed by atoms with Crippen LogP contribution >= 0.6 is 0 Å². The molecule has 0 saturated carbocycles. The van der Waals surface area contributed by atoms with Crippen LogP contribution in [-0.2, 0) is 30.8 Å². The highest BCUT2D eigenvalue weighted by Crippen LogP contribution is 2.22. The van der Waals surface area contributed by atoms with E-state index >= 15 is 0 Å². The summed E-state index contributed by atoms with van der Waals surface area (Å²) in [7, 11) is -2.13.